The Morgan fingerprint density at radius 2 is 1.53 bits per heavy atom. The van der Waals surface area contributed by atoms with E-state index in [1.165, 1.54) is 12.5 Å². The molecule has 0 N–H and O–H groups in total. The molecule has 3 atom stereocenters. The molecule has 0 radical (unpaired) electrons. The summed E-state index contributed by atoms with van der Waals surface area (Å²) in [5, 5.41) is 0. The van der Waals surface area contributed by atoms with Crippen LogP contribution >= 0.6 is 0 Å². The lowest BCUT2D eigenvalue weighted by Gasteiger charge is -2.32. The monoisotopic (exact) mass is 578 g/mol. The van der Waals surface area contributed by atoms with Gasteiger partial charge in [-0.2, -0.15) is 0 Å². The number of carbonyl (C=O) groups is 4. The molecule has 0 spiro atoms. The normalized spacial score (nSPS) is 15.9. The number of Topliss-reactive ketones (excluding diaryl/α,β-unsaturated/α-hetero) is 4. The van der Waals surface area contributed by atoms with Gasteiger partial charge in [-0.1, -0.05) is 94.3 Å². The van der Waals surface area contributed by atoms with Gasteiger partial charge in [-0.3, -0.25) is 19.2 Å². The Hall–Kier alpha value is -3.66. The second kappa shape index (κ2) is 14.7. The number of hydrogen-bond acceptors (Lipinski definition) is 4. The lowest BCUT2D eigenvalue weighted by atomic mass is 9.71. The van der Waals surface area contributed by atoms with Gasteiger partial charge in [0.15, 0.2) is 11.6 Å². The van der Waals surface area contributed by atoms with Crippen LogP contribution in [-0.2, 0) is 28.9 Å². The van der Waals surface area contributed by atoms with Crippen molar-refractivity contribution in [2.45, 2.75) is 92.4 Å². The topological polar surface area (TPSA) is 68.3 Å². The van der Waals surface area contributed by atoms with Gasteiger partial charge in [0, 0.05) is 29.9 Å². The van der Waals surface area contributed by atoms with Gasteiger partial charge in [0.1, 0.15) is 11.6 Å². The van der Waals surface area contributed by atoms with Gasteiger partial charge in [-0.25, -0.2) is 0 Å². The van der Waals surface area contributed by atoms with Gasteiger partial charge >= 0.3 is 0 Å². The average Bonchev–Trinajstić information content (AvgIpc) is 2.98. The maximum atomic E-state index is 13.6. The second-order valence-corrected chi connectivity index (χ2v) is 12.5. The molecule has 4 nitrogen and oxygen atoms in total. The van der Waals surface area contributed by atoms with Crippen LogP contribution < -0.4 is 0 Å². The molecule has 4 heteroatoms. The summed E-state index contributed by atoms with van der Waals surface area (Å²) >= 11 is 0. The molecular weight excluding hydrogens is 532 g/mol. The number of hydrogen-bond donors (Lipinski definition) is 0. The quantitative estimate of drug-likeness (QED) is 0.142. The number of carbonyl (C=O) groups excluding carboxylic acids is 4. The third-order valence-electron chi connectivity index (χ3n) is 9.22. The molecule has 0 aromatic heterocycles. The molecule has 0 amide bonds. The molecule has 4 rings (SSSR count). The molecule has 0 bridgehead atoms. The zero-order valence-electron chi connectivity index (χ0n) is 26.5. The second-order valence-electron chi connectivity index (χ2n) is 12.5. The molecule has 0 saturated carbocycles. The minimum absolute atomic E-state index is 0.00121. The van der Waals surface area contributed by atoms with Crippen LogP contribution in [0.1, 0.15) is 109 Å². The average molecular weight is 579 g/mol. The van der Waals surface area contributed by atoms with Crippen LogP contribution in [0.15, 0.2) is 60.7 Å². The molecule has 3 aromatic carbocycles. The Labute approximate surface area is 257 Å². The van der Waals surface area contributed by atoms with E-state index in [9.17, 15) is 19.2 Å². The Balaban J connectivity index is 1.56. The van der Waals surface area contributed by atoms with E-state index in [2.05, 4.69) is 32.0 Å². The molecular formula is C39H46O4. The van der Waals surface area contributed by atoms with Crippen LogP contribution in [0.25, 0.3) is 11.1 Å². The summed E-state index contributed by atoms with van der Waals surface area (Å²) in [5.41, 5.74) is 7.97. The minimum atomic E-state index is -0.142. The Kier molecular flexibility index (Phi) is 11.0. The lowest BCUT2D eigenvalue weighted by molar-refractivity contribution is -0.129. The van der Waals surface area contributed by atoms with Gasteiger partial charge in [0.25, 0.3) is 0 Å². The summed E-state index contributed by atoms with van der Waals surface area (Å²) in [7, 11) is 0. The third kappa shape index (κ3) is 7.84. The molecule has 1 aliphatic carbocycles. The van der Waals surface area contributed by atoms with Crippen molar-refractivity contribution in [2.75, 3.05) is 0 Å². The summed E-state index contributed by atoms with van der Waals surface area (Å²) in [6, 6.07) is 20.2. The molecule has 0 aliphatic heterocycles. The van der Waals surface area contributed by atoms with E-state index in [-0.39, 0.29) is 47.3 Å². The first-order valence-corrected chi connectivity index (χ1v) is 16.0. The highest BCUT2D eigenvalue weighted by atomic mass is 16.1. The van der Waals surface area contributed by atoms with Crippen molar-refractivity contribution in [3.63, 3.8) is 0 Å². The van der Waals surface area contributed by atoms with E-state index in [1.54, 1.807) is 0 Å². The van der Waals surface area contributed by atoms with Crippen molar-refractivity contribution >= 4 is 23.1 Å². The lowest BCUT2D eigenvalue weighted by Crippen LogP contribution is -2.30. The maximum absolute atomic E-state index is 13.6. The van der Waals surface area contributed by atoms with Crippen molar-refractivity contribution in [3.8, 4) is 11.1 Å². The number of fused-ring (bicyclic) bond motifs is 1. The summed E-state index contributed by atoms with van der Waals surface area (Å²) in [6.45, 7) is 9.77. The van der Waals surface area contributed by atoms with Crippen LogP contribution in [0.4, 0.5) is 0 Å². The summed E-state index contributed by atoms with van der Waals surface area (Å²) < 4.78 is 0. The molecule has 3 unspecified atom stereocenters. The van der Waals surface area contributed by atoms with Crippen LogP contribution in [-0.4, -0.2) is 23.1 Å². The fourth-order valence-corrected chi connectivity index (χ4v) is 7.03. The highest BCUT2D eigenvalue weighted by Crippen LogP contribution is 2.40. The highest BCUT2D eigenvalue weighted by molar-refractivity contribution is 6.02. The van der Waals surface area contributed by atoms with E-state index in [0.717, 1.165) is 77.5 Å². The molecule has 3 aromatic rings. The molecule has 226 valence electrons. The number of ketones is 4. The van der Waals surface area contributed by atoms with Gasteiger partial charge in [-0.05, 0) is 84.7 Å². The van der Waals surface area contributed by atoms with E-state index < -0.39 is 0 Å². The first-order chi connectivity index (χ1) is 20.6. The first kappa shape index (κ1) is 32.3. The smallest absolute Gasteiger partial charge is 0.167 e. The number of aryl methyl sites for hydroxylation is 2. The van der Waals surface area contributed by atoms with Crippen molar-refractivity contribution in [1.29, 1.82) is 0 Å². The molecule has 0 fully saturated rings. The van der Waals surface area contributed by atoms with Crippen molar-refractivity contribution in [1.82, 2.24) is 0 Å². The maximum Gasteiger partial charge on any atom is 0.167 e. The predicted molar refractivity (Wildman–Crippen MR) is 174 cm³/mol. The van der Waals surface area contributed by atoms with E-state index in [4.69, 9.17) is 0 Å². The van der Waals surface area contributed by atoms with Crippen LogP contribution in [0.3, 0.4) is 0 Å². The van der Waals surface area contributed by atoms with Crippen LogP contribution in [0, 0.1) is 24.7 Å². The molecule has 43 heavy (non-hydrogen) atoms. The number of rotatable bonds is 14. The van der Waals surface area contributed by atoms with Gasteiger partial charge in [0.05, 0.1) is 6.42 Å². The van der Waals surface area contributed by atoms with E-state index in [0.29, 0.717) is 12.8 Å². The van der Waals surface area contributed by atoms with Crippen LogP contribution in [0.5, 0.6) is 0 Å². The Morgan fingerprint density at radius 3 is 2.14 bits per heavy atom. The zero-order chi connectivity index (χ0) is 31.1. The fraction of sp³-hybridized carbons (Fsp3) is 0.436. The predicted octanol–water partition coefficient (Wildman–Crippen LogP) is 8.78. The minimum Gasteiger partial charge on any atom is -0.300 e. The van der Waals surface area contributed by atoms with Crippen molar-refractivity contribution in [2.24, 2.45) is 17.8 Å². The van der Waals surface area contributed by atoms with Crippen molar-refractivity contribution in [3.05, 3.63) is 94.0 Å². The van der Waals surface area contributed by atoms with Crippen molar-refractivity contribution < 1.29 is 19.2 Å². The van der Waals surface area contributed by atoms with Gasteiger partial charge < -0.3 is 0 Å². The van der Waals surface area contributed by atoms with Crippen LogP contribution in [0.2, 0.25) is 0 Å². The first-order valence-electron chi connectivity index (χ1n) is 16.0. The fourth-order valence-electron chi connectivity index (χ4n) is 7.03. The third-order valence-corrected chi connectivity index (χ3v) is 9.22. The SMILES string of the molecule is CCCC(CC1CC(=O)c2c(C)ccc(-c3ccc(CC(=O)c4ccc(CC)cc4)cc3)c2C1)C(CC)C(=O)CC(C)=O. The molecule has 0 heterocycles. The molecule has 0 saturated heterocycles. The summed E-state index contributed by atoms with van der Waals surface area (Å²) in [6.07, 6.45) is 6.01. The van der Waals surface area contributed by atoms with E-state index >= 15 is 0 Å². The van der Waals surface area contributed by atoms with Gasteiger partial charge in [0.2, 0.25) is 0 Å². The van der Waals surface area contributed by atoms with Gasteiger partial charge in [-0.15, -0.1) is 0 Å². The number of benzene rings is 3. The summed E-state index contributed by atoms with van der Waals surface area (Å²) in [5.74, 6) is 0.435. The highest BCUT2D eigenvalue weighted by Gasteiger charge is 2.34. The zero-order valence-corrected chi connectivity index (χ0v) is 26.5. The molecule has 1 aliphatic rings. The summed E-state index contributed by atoms with van der Waals surface area (Å²) in [4.78, 5) is 51.1. The Bertz CT molecular complexity index is 1460. The Morgan fingerprint density at radius 1 is 0.860 bits per heavy atom. The van der Waals surface area contributed by atoms with E-state index in [1.807, 2.05) is 56.3 Å². The standard InChI is InChI=1S/C39H46O4/c1-6-9-32(33(8-3)37(42)20-26(5)40)21-29-22-35-34(19-10-25(4)39(35)38(43)24-29)30-15-13-28(14-16-30)23-36(41)31-17-11-27(7-2)12-18-31/h10-19,29,32-33H,6-9,20-24H2,1-5H3. The largest absolute Gasteiger partial charge is 0.300 e.